The van der Waals surface area contributed by atoms with E-state index in [4.69, 9.17) is 0 Å². The molecule has 2 atom stereocenters. The molecule has 7 heteroatoms. The summed E-state index contributed by atoms with van der Waals surface area (Å²) in [6, 6.07) is 23.8. The Labute approximate surface area is 179 Å². The van der Waals surface area contributed by atoms with Crippen molar-refractivity contribution in [3.63, 3.8) is 0 Å². The number of hydrogen-bond donors (Lipinski definition) is 1. The highest BCUT2D eigenvalue weighted by Crippen LogP contribution is 2.18. The molecule has 0 fully saturated rings. The molecule has 3 aromatic carbocycles. The largest absolute Gasteiger partial charge is 0.344 e. The summed E-state index contributed by atoms with van der Waals surface area (Å²) in [7, 11) is -4.61. The van der Waals surface area contributed by atoms with Crippen molar-refractivity contribution >= 4 is 26.5 Å². The molecular weight excluding hydrogens is 418 g/mol. The smallest absolute Gasteiger partial charge is 0.251 e. The third-order valence-corrected chi connectivity index (χ3v) is 7.06. The van der Waals surface area contributed by atoms with E-state index in [1.807, 2.05) is 30.3 Å². The minimum absolute atomic E-state index is 0.195. The average molecular weight is 442 g/mol. The van der Waals surface area contributed by atoms with Crippen molar-refractivity contribution in [2.24, 2.45) is 0 Å². The Bertz CT molecular complexity index is 1130. The van der Waals surface area contributed by atoms with Crippen LogP contribution in [0.4, 0.5) is 0 Å². The maximum atomic E-state index is 12.8. The molecule has 0 aliphatic rings. The SMILES string of the molecule is C[S@@](=O)C[C@H](NC(=O)c1cccc(CS(=O)(=O)c2ccccc2)c1)c1ccccc1. The van der Waals surface area contributed by atoms with Crippen molar-refractivity contribution in [2.75, 3.05) is 12.0 Å². The number of hydrogen-bond acceptors (Lipinski definition) is 4. The Morgan fingerprint density at radius 3 is 2.20 bits per heavy atom. The fourth-order valence-electron chi connectivity index (χ4n) is 3.12. The van der Waals surface area contributed by atoms with E-state index >= 15 is 0 Å². The molecule has 3 rings (SSSR count). The average Bonchev–Trinajstić information content (AvgIpc) is 2.74. The second-order valence-corrected chi connectivity index (χ2v) is 10.4. The van der Waals surface area contributed by atoms with Gasteiger partial charge < -0.3 is 5.32 Å². The third-order valence-electron chi connectivity index (χ3n) is 4.56. The fraction of sp³-hybridized carbons (Fsp3) is 0.174. The third kappa shape index (κ3) is 5.87. The van der Waals surface area contributed by atoms with E-state index in [0.29, 0.717) is 11.1 Å². The second kappa shape index (κ2) is 9.82. The first kappa shape index (κ1) is 21.9. The van der Waals surface area contributed by atoms with Gasteiger partial charge in [-0.15, -0.1) is 0 Å². The van der Waals surface area contributed by atoms with Crippen LogP contribution in [-0.2, 0) is 26.4 Å². The van der Waals surface area contributed by atoms with E-state index in [1.165, 1.54) is 0 Å². The first-order valence-electron chi connectivity index (χ1n) is 9.38. The molecule has 0 aromatic heterocycles. The molecule has 1 N–H and O–H groups in total. The topological polar surface area (TPSA) is 80.3 Å². The molecule has 30 heavy (non-hydrogen) atoms. The Morgan fingerprint density at radius 2 is 1.57 bits per heavy atom. The lowest BCUT2D eigenvalue weighted by Gasteiger charge is -2.18. The molecule has 5 nitrogen and oxygen atoms in total. The lowest BCUT2D eigenvalue weighted by Crippen LogP contribution is -2.32. The second-order valence-electron chi connectivity index (χ2n) is 6.95. The van der Waals surface area contributed by atoms with Gasteiger partial charge in [-0.2, -0.15) is 0 Å². The van der Waals surface area contributed by atoms with Gasteiger partial charge in [-0.1, -0.05) is 60.7 Å². The van der Waals surface area contributed by atoms with Gasteiger partial charge in [0.15, 0.2) is 9.84 Å². The van der Waals surface area contributed by atoms with Gasteiger partial charge >= 0.3 is 0 Å². The molecule has 0 unspecified atom stereocenters. The van der Waals surface area contributed by atoms with E-state index < -0.39 is 26.7 Å². The maximum absolute atomic E-state index is 12.8. The summed E-state index contributed by atoms with van der Waals surface area (Å²) in [4.78, 5) is 13.1. The van der Waals surface area contributed by atoms with Crippen LogP contribution in [0.2, 0.25) is 0 Å². The minimum atomic E-state index is -3.51. The van der Waals surface area contributed by atoms with Crippen LogP contribution in [0, 0.1) is 0 Å². The monoisotopic (exact) mass is 441 g/mol. The van der Waals surface area contributed by atoms with E-state index in [-0.39, 0.29) is 22.3 Å². The summed E-state index contributed by atoms with van der Waals surface area (Å²) in [5, 5.41) is 2.92. The normalized spacial score (nSPS) is 13.4. The summed E-state index contributed by atoms with van der Waals surface area (Å²) in [5.74, 6) is -0.245. The number of amides is 1. The summed E-state index contributed by atoms with van der Waals surface area (Å²) < 4.78 is 37.0. The fourth-order valence-corrected chi connectivity index (χ4v) is 5.22. The van der Waals surface area contributed by atoms with Crippen molar-refractivity contribution in [2.45, 2.75) is 16.7 Å². The van der Waals surface area contributed by atoms with Crippen molar-refractivity contribution in [1.29, 1.82) is 0 Å². The van der Waals surface area contributed by atoms with Gasteiger partial charge in [-0.3, -0.25) is 9.00 Å². The van der Waals surface area contributed by atoms with E-state index in [9.17, 15) is 17.4 Å². The molecule has 0 radical (unpaired) electrons. The quantitative estimate of drug-likeness (QED) is 0.580. The zero-order valence-electron chi connectivity index (χ0n) is 16.5. The molecule has 0 bridgehead atoms. The van der Waals surface area contributed by atoms with Gasteiger partial charge in [0.25, 0.3) is 5.91 Å². The number of benzene rings is 3. The lowest BCUT2D eigenvalue weighted by atomic mass is 10.1. The number of sulfone groups is 1. The van der Waals surface area contributed by atoms with E-state index in [2.05, 4.69) is 5.32 Å². The molecule has 0 saturated heterocycles. The standard InChI is InChI=1S/C23H23NO4S2/c1-29(26)16-22(19-10-4-2-5-11-19)24-23(25)20-12-8-9-18(15-20)17-30(27,28)21-13-6-3-7-14-21/h2-15,22H,16-17H2,1H3,(H,24,25)/t22-,29+/m0/s1. The van der Waals surface area contributed by atoms with Crippen LogP contribution in [-0.4, -0.2) is 30.5 Å². The van der Waals surface area contributed by atoms with Crippen LogP contribution in [0.3, 0.4) is 0 Å². The predicted molar refractivity (Wildman–Crippen MR) is 119 cm³/mol. The van der Waals surface area contributed by atoms with Gasteiger partial charge in [-0.05, 0) is 35.4 Å². The van der Waals surface area contributed by atoms with Gasteiger partial charge in [0.1, 0.15) is 0 Å². The van der Waals surface area contributed by atoms with Crippen LogP contribution in [0.15, 0.2) is 89.8 Å². The van der Waals surface area contributed by atoms with Gasteiger partial charge in [0, 0.05) is 28.4 Å². The van der Waals surface area contributed by atoms with Crippen molar-refractivity contribution < 1.29 is 17.4 Å². The highest BCUT2D eigenvalue weighted by Gasteiger charge is 2.19. The molecule has 0 aliphatic carbocycles. The summed E-state index contributed by atoms with van der Waals surface area (Å²) >= 11 is 0. The van der Waals surface area contributed by atoms with Crippen molar-refractivity contribution in [3.05, 3.63) is 102 Å². The first-order chi connectivity index (χ1) is 14.3. The van der Waals surface area contributed by atoms with E-state index in [0.717, 1.165) is 5.56 Å². The van der Waals surface area contributed by atoms with Crippen LogP contribution in [0.5, 0.6) is 0 Å². The van der Waals surface area contributed by atoms with Crippen LogP contribution >= 0.6 is 0 Å². The zero-order chi connectivity index (χ0) is 21.6. The molecule has 0 heterocycles. The zero-order valence-corrected chi connectivity index (χ0v) is 18.2. The maximum Gasteiger partial charge on any atom is 0.251 e. The summed E-state index contributed by atoms with van der Waals surface area (Å²) in [6.45, 7) is 0. The number of carbonyl (C=O) groups is 1. The Morgan fingerprint density at radius 1 is 0.933 bits per heavy atom. The first-order valence-corrected chi connectivity index (χ1v) is 12.8. The van der Waals surface area contributed by atoms with Crippen LogP contribution in [0.25, 0.3) is 0 Å². The van der Waals surface area contributed by atoms with Gasteiger partial charge in [0.2, 0.25) is 0 Å². The molecule has 0 aliphatic heterocycles. The van der Waals surface area contributed by atoms with E-state index in [1.54, 1.807) is 60.9 Å². The molecular formula is C23H23NO4S2. The van der Waals surface area contributed by atoms with Gasteiger partial charge in [-0.25, -0.2) is 8.42 Å². The highest BCUT2D eigenvalue weighted by atomic mass is 32.2. The molecule has 156 valence electrons. The molecule has 3 aromatic rings. The number of carbonyl (C=O) groups excluding carboxylic acids is 1. The lowest BCUT2D eigenvalue weighted by molar-refractivity contribution is 0.0940. The van der Waals surface area contributed by atoms with Crippen LogP contribution in [0.1, 0.15) is 27.5 Å². The van der Waals surface area contributed by atoms with Crippen molar-refractivity contribution in [1.82, 2.24) is 5.32 Å². The Kier molecular flexibility index (Phi) is 7.18. The highest BCUT2D eigenvalue weighted by molar-refractivity contribution is 7.90. The summed E-state index contributed by atoms with van der Waals surface area (Å²) in [5.41, 5.74) is 1.75. The van der Waals surface area contributed by atoms with Crippen LogP contribution < -0.4 is 5.32 Å². The summed E-state index contributed by atoms with van der Waals surface area (Å²) in [6.07, 6.45) is 1.59. The predicted octanol–water partition coefficient (Wildman–Crippen LogP) is 3.51. The minimum Gasteiger partial charge on any atom is -0.344 e. The molecule has 0 saturated carbocycles. The van der Waals surface area contributed by atoms with Crippen molar-refractivity contribution in [3.8, 4) is 0 Å². The Hall–Kier alpha value is -2.77. The number of nitrogens with one attached hydrogen (secondary N) is 1. The van der Waals surface area contributed by atoms with Gasteiger partial charge in [0.05, 0.1) is 16.7 Å². The molecule has 0 spiro atoms. The molecule has 1 amide bonds. The number of rotatable bonds is 8. The Balaban J connectivity index is 1.79.